The van der Waals surface area contributed by atoms with Gasteiger partial charge in [-0.25, -0.2) is 0 Å². The van der Waals surface area contributed by atoms with Crippen LogP contribution in [-0.4, -0.2) is 11.6 Å². The number of para-hydroxylation sites is 1. The lowest BCUT2D eigenvalue weighted by Crippen LogP contribution is -2.21. The van der Waals surface area contributed by atoms with Gasteiger partial charge in [0.25, 0.3) is 0 Å². The molecule has 0 amide bonds. The molecule has 180 valence electrons. The van der Waals surface area contributed by atoms with Gasteiger partial charge in [-0.15, -0.1) is 0 Å². The molecule has 1 heterocycles. The van der Waals surface area contributed by atoms with Crippen LogP contribution >= 0.6 is 0 Å². The van der Waals surface area contributed by atoms with Gasteiger partial charge in [0.1, 0.15) is 11.2 Å². The van der Waals surface area contributed by atoms with Crippen LogP contribution in [0.1, 0.15) is 31.8 Å². The molecule has 0 saturated carbocycles. The average molecular weight is 499 g/mol. The van der Waals surface area contributed by atoms with Gasteiger partial charge in [-0.05, 0) is 50.7 Å². The molecule has 0 fully saturated rings. The summed E-state index contributed by atoms with van der Waals surface area (Å²) in [7, 11) is 0. The summed E-state index contributed by atoms with van der Waals surface area (Å²) in [6.07, 6.45) is 0. The molecule has 0 aliphatic heterocycles. The highest BCUT2D eigenvalue weighted by Crippen LogP contribution is 2.55. The zero-order valence-corrected chi connectivity index (χ0v) is 20.6. The highest BCUT2D eigenvalue weighted by Gasteiger charge is 2.35. The number of hydrogen-bond donors (Lipinski definition) is 0. The minimum absolute atomic E-state index is 0.117. The van der Waals surface area contributed by atoms with E-state index in [1.165, 1.54) is 10.8 Å². The van der Waals surface area contributed by atoms with E-state index in [4.69, 9.17) is 4.42 Å². The molecule has 39 heavy (non-hydrogen) atoms. The number of carbonyl (C=O) groups excluding carboxylic acids is 2. The second kappa shape index (κ2) is 7.18. The van der Waals surface area contributed by atoms with Gasteiger partial charge >= 0.3 is 0 Å². The van der Waals surface area contributed by atoms with Crippen molar-refractivity contribution in [1.82, 2.24) is 0 Å². The van der Waals surface area contributed by atoms with E-state index in [0.717, 1.165) is 55.3 Å². The van der Waals surface area contributed by atoms with E-state index in [0.29, 0.717) is 22.3 Å². The summed E-state index contributed by atoms with van der Waals surface area (Å²) in [6.45, 7) is 0. The monoisotopic (exact) mass is 498 g/mol. The molecule has 2 aliphatic rings. The van der Waals surface area contributed by atoms with Crippen molar-refractivity contribution in [3.8, 4) is 33.4 Å². The Bertz CT molecular complexity index is 2260. The number of hydrogen-bond acceptors (Lipinski definition) is 3. The predicted octanol–water partition coefficient (Wildman–Crippen LogP) is 8.83. The normalized spacial score (nSPS) is 13.2. The van der Waals surface area contributed by atoms with Crippen molar-refractivity contribution < 1.29 is 14.0 Å². The summed E-state index contributed by atoms with van der Waals surface area (Å²) >= 11 is 0. The zero-order valence-electron chi connectivity index (χ0n) is 20.6. The van der Waals surface area contributed by atoms with Crippen molar-refractivity contribution in [3.05, 3.63) is 131 Å². The number of furan rings is 1. The third-order valence-corrected chi connectivity index (χ3v) is 8.35. The second-order valence-corrected chi connectivity index (χ2v) is 10.3. The molecule has 0 bridgehead atoms. The molecule has 3 heteroatoms. The molecule has 6 aromatic carbocycles. The van der Waals surface area contributed by atoms with Crippen molar-refractivity contribution in [3.63, 3.8) is 0 Å². The Kier molecular flexibility index (Phi) is 3.82. The summed E-state index contributed by atoms with van der Waals surface area (Å²) in [4.78, 5) is 27.8. The molecular formula is C36H18O3. The first-order valence-electron chi connectivity index (χ1n) is 13.0. The molecule has 9 rings (SSSR count). The van der Waals surface area contributed by atoms with Crippen LogP contribution < -0.4 is 0 Å². The minimum Gasteiger partial charge on any atom is -0.456 e. The van der Waals surface area contributed by atoms with Crippen LogP contribution in [-0.2, 0) is 0 Å². The first kappa shape index (κ1) is 20.7. The fraction of sp³-hybridized carbons (Fsp3) is 0. The number of carbonyl (C=O) groups is 2. The lowest BCUT2D eigenvalue weighted by molar-refractivity contribution is 0.0979. The Morgan fingerprint density at radius 2 is 1.05 bits per heavy atom. The van der Waals surface area contributed by atoms with Gasteiger partial charge in [0.05, 0.1) is 0 Å². The van der Waals surface area contributed by atoms with Gasteiger partial charge in [-0.3, -0.25) is 9.59 Å². The summed E-state index contributed by atoms with van der Waals surface area (Å²) < 4.78 is 6.43. The Morgan fingerprint density at radius 3 is 1.90 bits per heavy atom. The quantitative estimate of drug-likeness (QED) is 0.227. The molecule has 0 N–H and O–H groups in total. The van der Waals surface area contributed by atoms with Gasteiger partial charge in [0.15, 0.2) is 11.6 Å². The Labute approximate surface area is 222 Å². The lowest BCUT2D eigenvalue weighted by atomic mass is 9.78. The summed E-state index contributed by atoms with van der Waals surface area (Å²) in [5, 5.41) is 4.32. The van der Waals surface area contributed by atoms with Crippen LogP contribution in [0.3, 0.4) is 0 Å². The second-order valence-electron chi connectivity index (χ2n) is 10.3. The van der Waals surface area contributed by atoms with E-state index >= 15 is 0 Å². The van der Waals surface area contributed by atoms with Gasteiger partial charge in [-0.1, -0.05) is 97.1 Å². The number of fused-ring (bicyclic) bond motifs is 8. The van der Waals surface area contributed by atoms with Gasteiger partial charge in [0.2, 0.25) is 0 Å². The van der Waals surface area contributed by atoms with Crippen molar-refractivity contribution in [1.29, 1.82) is 0 Å². The Balaban J connectivity index is 1.49. The van der Waals surface area contributed by atoms with Crippen LogP contribution in [0.2, 0.25) is 0 Å². The highest BCUT2D eigenvalue weighted by atomic mass is 16.3. The van der Waals surface area contributed by atoms with Crippen LogP contribution in [0.25, 0.3) is 66.1 Å². The summed E-state index contributed by atoms with van der Waals surface area (Å²) in [5.41, 5.74) is 9.52. The van der Waals surface area contributed by atoms with Crippen molar-refractivity contribution in [2.45, 2.75) is 0 Å². The molecule has 0 unspecified atom stereocenters. The third kappa shape index (κ3) is 2.52. The van der Waals surface area contributed by atoms with E-state index in [1.807, 2.05) is 42.5 Å². The molecule has 0 atom stereocenters. The maximum atomic E-state index is 14.1. The first-order valence-corrected chi connectivity index (χ1v) is 13.0. The van der Waals surface area contributed by atoms with E-state index in [2.05, 4.69) is 48.5 Å². The largest absolute Gasteiger partial charge is 0.456 e. The topological polar surface area (TPSA) is 47.3 Å². The first-order chi connectivity index (χ1) is 19.2. The molecule has 3 nitrogen and oxygen atoms in total. The SMILES string of the molecule is O=C1c2ccccc2C(=O)c2c1cccc2-c1c2c(cc3oc4ccccc4c13)-c1cccc3cccc-2c13. The van der Waals surface area contributed by atoms with Crippen LogP contribution in [0, 0.1) is 0 Å². The minimum atomic E-state index is -0.122. The van der Waals surface area contributed by atoms with Crippen molar-refractivity contribution >= 4 is 44.3 Å². The maximum Gasteiger partial charge on any atom is 0.195 e. The zero-order chi connectivity index (χ0) is 25.8. The van der Waals surface area contributed by atoms with Gasteiger partial charge in [0, 0.05) is 38.6 Å². The fourth-order valence-electron chi connectivity index (χ4n) is 6.78. The molecule has 2 aliphatic carbocycles. The lowest BCUT2D eigenvalue weighted by Gasteiger charge is -2.22. The number of benzene rings is 6. The van der Waals surface area contributed by atoms with E-state index in [9.17, 15) is 9.59 Å². The van der Waals surface area contributed by atoms with E-state index in [1.54, 1.807) is 18.2 Å². The van der Waals surface area contributed by atoms with E-state index < -0.39 is 0 Å². The van der Waals surface area contributed by atoms with E-state index in [-0.39, 0.29) is 11.6 Å². The van der Waals surface area contributed by atoms with Gasteiger partial charge < -0.3 is 4.42 Å². The molecule has 0 saturated heterocycles. The predicted molar refractivity (Wildman–Crippen MR) is 154 cm³/mol. The average Bonchev–Trinajstić information content (AvgIpc) is 3.51. The van der Waals surface area contributed by atoms with Gasteiger partial charge in [-0.2, -0.15) is 0 Å². The number of rotatable bonds is 1. The molecular weight excluding hydrogens is 480 g/mol. The maximum absolute atomic E-state index is 14.1. The molecule has 0 radical (unpaired) electrons. The third-order valence-electron chi connectivity index (χ3n) is 8.35. The smallest absolute Gasteiger partial charge is 0.195 e. The van der Waals surface area contributed by atoms with Crippen molar-refractivity contribution in [2.75, 3.05) is 0 Å². The molecule has 0 spiro atoms. The van der Waals surface area contributed by atoms with Crippen molar-refractivity contribution in [2.24, 2.45) is 0 Å². The summed E-state index contributed by atoms with van der Waals surface area (Å²) in [6, 6.07) is 35.7. The molecule has 1 aromatic heterocycles. The highest BCUT2D eigenvalue weighted by molar-refractivity contribution is 6.33. The Hall–Kier alpha value is -5.28. The fourth-order valence-corrected chi connectivity index (χ4v) is 6.78. The summed E-state index contributed by atoms with van der Waals surface area (Å²) in [5.74, 6) is -0.239. The molecule has 7 aromatic rings. The number of ketones is 2. The van der Waals surface area contributed by atoms with Crippen LogP contribution in [0.15, 0.2) is 114 Å². The van der Waals surface area contributed by atoms with Crippen LogP contribution in [0.4, 0.5) is 0 Å². The standard InChI is InChI=1S/C36H18O3/c37-35-21-10-1-2-11-22(21)36(38)32-25(15-7-16-26(32)35)34-31-24-14-6-9-19-8-5-13-20(30(19)24)27(31)18-29-33(34)23-12-3-4-17-28(23)39-29/h1-18H. The Morgan fingerprint density at radius 1 is 0.410 bits per heavy atom. The van der Waals surface area contributed by atoms with Crippen LogP contribution in [0.5, 0.6) is 0 Å².